The third-order valence-corrected chi connectivity index (χ3v) is 16.7. The number of methoxy groups -OCH3 is 2. The van der Waals surface area contributed by atoms with E-state index >= 15 is 0 Å². The molecule has 2 aliphatic carbocycles. The van der Waals surface area contributed by atoms with E-state index in [0.29, 0.717) is 51.7 Å². The number of rotatable bonds is 30. The summed E-state index contributed by atoms with van der Waals surface area (Å²) in [5.74, 6) is -11.6. The van der Waals surface area contributed by atoms with Gasteiger partial charge >= 0.3 is 54.6 Å². The van der Waals surface area contributed by atoms with Crippen LogP contribution in [0.4, 0.5) is 17.6 Å². The van der Waals surface area contributed by atoms with Gasteiger partial charge in [-0.1, -0.05) is 105 Å². The van der Waals surface area contributed by atoms with Gasteiger partial charge in [-0.15, -0.1) is 0 Å². The van der Waals surface area contributed by atoms with E-state index in [2.05, 4.69) is 9.47 Å². The van der Waals surface area contributed by atoms with Gasteiger partial charge in [0.15, 0.2) is 12.6 Å². The number of hydrogen-bond acceptors (Lipinski definition) is 19. The van der Waals surface area contributed by atoms with Gasteiger partial charge in [0.05, 0.1) is 32.6 Å². The van der Waals surface area contributed by atoms with Crippen LogP contribution in [0.15, 0.2) is 72.8 Å². The molecule has 0 amide bonds. The molecule has 88 heavy (non-hydrogen) atoms. The molecule has 4 aliphatic rings. The van der Waals surface area contributed by atoms with Gasteiger partial charge in [-0.2, -0.15) is 17.6 Å². The predicted octanol–water partition coefficient (Wildman–Crippen LogP) is 8.89. The van der Waals surface area contributed by atoms with Crippen molar-refractivity contribution in [2.24, 2.45) is 23.7 Å². The average Bonchev–Trinajstić information content (AvgIpc) is 2.24. The van der Waals surface area contributed by atoms with Crippen molar-refractivity contribution in [2.45, 2.75) is 191 Å². The van der Waals surface area contributed by atoms with Gasteiger partial charge in [0, 0.05) is 120 Å². The molecule has 2 saturated heterocycles. The summed E-state index contributed by atoms with van der Waals surface area (Å²) in [6, 6.07) is 14.1. The van der Waals surface area contributed by atoms with Crippen molar-refractivity contribution in [3.8, 4) is 0 Å². The number of aldehydes is 1. The van der Waals surface area contributed by atoms with Crippen LogP contribution < -0.4 is 18.9 Å². The minimum atomic E-state index is -3.66. The van der Waals surface area contributed by atoms with Crippen molar-refractivity contribution in [1.82, 2.24) is 0 Å². The van der Waals surface area contributed by atoms with Gasteiger partial charge < -0.3 is 53.7 Å². The smallest absolute Gasteiger partial charge is 1.00 e. The van der Waals surface area contributed by atoms with E-state index in [-0.39, 0.29) is 91.7 Å². The van der Waals surface area contributed by atoms with Crippen LogP contribution in [0, 0.1) is 33.6 Å². The number of Topliss-reactive ketones (excluding diaryl/α,β-unsaturated/α-hetero) is 1. The van der Waals surface area contributed by atoms with Crippen molar-refractivity contribution in [1.29, 1.82) is 0 Å². The molecular weight excluding hydrogens is 1170 g/mol. The molecule has 2 aromatic rings. The zero-order valence-electron chi connectivity index (χ0n) is 53.3. The van der Waals surface area contributed by atoms with Crippen LogP contribution in [-0.4, -0.2) is 138 Å². The predicted molar refractivity (Wildman–Crippen MR) is 317 cm³/mol. The summed E-state index contributed by atoms with van der Waals surface area (Å²) in [5, 5.41) is 7.00. The molecule has 0 spiro atoms. The van der Waals surface area contributed by atoms with E-state index in [1.165, 1.54) is 89.8 Å². The largest absolute Gasteiger partial charge is 1.00 e. The van der Waals surface area contributed by atoms with E-state index in [9.17, 15) is 51.1 Å². The van der Waals surface area contributed by atoms with Gasteiger partial charge in [-0.05, 0) is 76.9 Å². The van der Waals surface area contributed by atoms with Crippen LogP contribution in [-0.2, 0) is 87.8 Å². The molecule has 0 radical (unpaired) electrons. The topological polar surface area (TPSA) is 257 Å². The zero-order valence-corrected chi connectivity index (χ0v) is 53.2. The number of esters is 4. The zero-order chi connectivity index (χ0) is 64.8. The quantitative estimate of drug-likeness (QED) is 0.0112. The third-order valence-electron chi connectivity index (χ3n) is 15.3. The first-order chi connectivity index (χ1) is 41.7. The Bertz CT molecular complexity index is 2340. The fourth-order valence-electron chi connectivity index (χ4n) is 10.9. The second-order valence-electron chi connectivity index (χ2n) is 21.4. The van der Waals surface area contributed by atoms with E-state index in [0.717, 1.165) is 109 Å². The van der Waals surface area contributed by atoms with Gasteiger partial charge in [0.1, 0.15) is 18.5 Å². The molecule has 11 atom stereocenters. The Morgan fingerprint density at radius 1 is 0.614 bits per heavy atom. The average molecular weight is 1270 g/mol. The molecule has 0 bridgehead atoms. The van der Waals surface area contributed by atoms with E-state index < -0.39 is 61.9 Å². The Kier molecular flexibility index (Phi) is 41.9. The maximum absolute atomic E-state index is 14.9. The van der Waals surface area contributed by atoms with E-state index in [1.54, 1.807) is 18.8 Å². The normalized spacial score (nSPS) is 23.4. The SMILES string of the molecule is CO.COC(=O)CCCCCC[C@@H]1[C@@H](/C=C/C(=O)C(F)(F)c2ccccc2)[C@H](OC2CCCCO2)C[C@@H]1OC(C)=O.COC(=O)CCCCCC[C@@H]1[C@@H](C=O)[C@H](OC2CCCCO2)C[C@@H]1OC(C)=O.COP(C)CC(=O)C(F)(F)c1ccccc1.O=O.[H-].[Li+]. The van der Waals surface area contributed by atoms with Gasteiger partial charge in [-0.25, -0.2) is 0 Å². The maximum Gasteiger partial charge on any atom is 1.00 e. The molecule has 19 nitrogen and oxygen atoms in total. The van der Waals surface area contributed by atoms with Gasteiger partial charge in [-0.3, -0.25) is 28.8 Å². The molecule has 2 saturated carbocycles. The summed E-state index contributed by atoms with van der Waals surface area (Å²) >= 11 is 0. The molecule has 2 heterocycles. The van der Waals surface area contributed by atoms with Crippen molar-refractivity contribution in [3.05, 3.63) is 93.9 Å². The van der Waals surface area contributed by atoms with Crippen LogP contribution in [0.3, 0.4) is 0 Å². The summed E-state index contributed by atoms with van der Waals surface area (Å²) in [7, 11) is 4.07. The fraction of sp³-hybridized carbons (Fsp3) is 0.667. The second-order valence-corrected chi connectivity index (χ2v) is 23.3. The van der Waals surface area contributed by atoms with Crippen LogP contribution in [0.1, 0.15) is 155 Å². The number of hydrogen-bond donors (Lipinski definition) is 1. The number of carbonyl (C=O) groups is 7. The molecule has 492 valence electrons. The summed E-state index contributed by atoms with van der Waals surface area (Å²) in [6.07, 6.45) is 16.6. The third kappa shape index (κ3) is 29.0. The Labute approximate surface area is 529 Å². The van der Waals surface area contributed by atoms with E-state index in [1.807, 2.05) is 0 Å². The standard InChI is InChI=1S/C30H40F2O7.C21H34O7.C11H13F2O2P.CH4O.Li.O2.H/c1-21(33)38-25-20-26(39-29-16-10-11-19-37-29)24(23(25)14-8-3-4-9-15-28(35)36-2)17-18-27(34)30(31,32)22-12-6-5-7-13-22;1-15(23)27-18-13-19(28-21-11-7-8-12-26-21)17(14-22)16(18)9-5-3-4-6-10-20(24)25-2;1-15-16(2)8-10(14)11(12,13)9-6-4-3-5-7-9;1-2;;1-2;/h5-7,12-13,17-18,23-26,29H,3-4,8-11,14-16,19-20H2,1-2H3;14,16-19,21H,3-13H2,1-2H3;3-7H,8H2,1-2H3;2H,1H3;;;/q;;;;+1;;-1/b18-17+;;;;;;/t23-,24-,25+,26-,29?;16-,17-,18+,19-,21?;;;;;/m11...../s1. The fourth-order valence-corrected chi connectivity index (χ4v) is 11.6. The second kappa shape index (κ2) is 45.4. The first kappa shape index (κ1) is 81.2. The van der Waals surface area contributed by atoms with Gasteiger partial charge in [0.25, 0.3) is 0 Å². The first-order valence-corrected chi connectivity index (χ1v) is 31.6. The minimum absolute atomic E-state index is 0. The van der Waals surface area contributed by atoms with Crippen LogP contribution in [0.2, 0.25) is 0 Å². The summed E-state index contributed by atoms with van der Waals surface area (Å²) in [4.78, 5) is 95.8. The molecule has 25 heteroatoms. The van der Waals surface area contributed by atoms with Crippen molar-refractivity contribution in [2.75, 3.05) is 54.5 Å². The number of ether oxygens (including phenoxy) is 8. The Morgan fingerprint density at radius 3 is 1.41 bits per heavy atom. The van der Waals surface area contributed by atoms with Gasteiger partial charge in [0.2, 0.25) is 11.6 Å². The number of allylic oxidation sites excluding steroid dienone is 1. The van der Waals surface area contributed by atoms with Crippen molar-refractivity contribution >= 4 is 49.9 Å². The van der Waals surface area contributed by atoms with E-state index in [4.69, 9.17) is 48.0 Å². The number of alkyl halides is 4. The molecule has 0 aromatic heterocycles. The molecule has 2 aliphatic heterocycles. The molecule has 6 rings (SSSR count). The first-order valence-electron chi connectivity index (χ1n) is 29.7. The summed E-state index contributed by atoms with van der Waals surface area (Å²) in [6.45, 7) is 5.66. The molecule has 1 N–H and O–H groups in total. The molecule has 3 unspecified atom stereocenters. The number of aliphatic hydroxyl groups is 1. The van der Waals surface area contributed by atoms with Crippen LogP contribution in [0.5, 0.6) is 0 Å². The summed E-state index contributed by atoms with van der Waals surface area (Å²) < 4.78 is 106. The monoisotopic (exact) mass is 1270 g/mol. The van der Waals surface area contributed by atoms with Crippen LogP contribution in [0.25, 0.3) is 0 Å². The number of aliphatic hydroxyl groups excluding tert-OH is 1. The summed E-state index contributed by atoms with van der Waals surface area (Å²) in [5.41, 5.74) is -0.629. The number of halogens is 4. The number of unbranched alkanes of at least 4 members (excludes halogenated alkanes) is 6. The molecule has 4 fully saturated rings. The van der Waals surface area contributed by atoms with Crippen molar-refractivity contribution in [3.63, 3.8) is 0 Å². The maximum atomic E-state index is 14.9. The number of ketones is 2. The van der Waals surface area contributed by atoms with Crippen LogP contribution >= 0.6 is 8.15 Å². The Hall–Kier alpha value is -4.82. The minimum Gasteiger partial charge on any atom is -1.00 e. The Morgan fingerprint density at radius 2 is 1.02 bits per heavy atom. The number of benzene rings is 2. The Balaban J connectivity index is 0.00000135. The van der Waals surface area contributed by atoms with Crippen molar-refractivity contribution < 1.29 is 119 Å². The molecular formula is C63H92F4LiO19P. The number of carbonyl (C=O) groups excluding carboxylic acids is 7. The molecule has 2 aromatic carbocycles.